The molecule has 2 nitrogen and oxygen atoms in total. The topological polar surface area (TPSA) is 32.3 Å². The Hall–Kier alpha value is -0.280. The summed E-state index contributed by atoms with van der Waals surface area (Å²) in [5, 5.41) is 14.7. The van der Waals surface area contributed by atoms with Gasteiger partial charge in [0.1, 0.15) is 0 Å². The maximum atomic E-state index is 10.2. The Kier molecular flexibility index (Phi) is 4.09. The number of hydrogen-bond donors (Lipinski definition) is 2. The van der Waals surface area contributed by atoms with Crippen LogP contribution in [0.25, 0.3) is 0 Å². The molecule has 16 heavy (non-hydrogen) atoms. The lowest BCUT2D eigenvalue weighted by atomic mass is 9.95. The predicted octanol–water partition coefficient (Wildman–Crippen LogP) is 3.17. The quantitative estimate of drug-likeness (QED) is 0.856. The average Bonchev–Trinajstić information content (AvgIpc) is 2.29. The highest BCUT2D eigenvalue weighted by Gasteiger charge is 2.24. The fraction of sp³-hybridized carbons (Fsp3) is 0.500. The van der Waals surface area contributed by atoms with Gasteiger partial charge in [0, 0.05) is 21.7 Å². The monoisotopic (exact) mass is 259 g/mol. The van der Waals surface area contributed by atoms with Crippen molar-refractivity contribution in [2.45, 2.75) is 31.4 Å². The number of aliphatic hydroxyl groups is 1. The van der Waals surface area contributed by atoms with Crippen LogP contribution in [0, 0.1) is 0 Å². The van der Waals surface area contributed by atoms with Crippen LogP contribution in [0.4, 0.5) is 0 Å². The fourth-order valence-electron chi connectivity index (χ4n) is 2.11. The summed E-state index contributed by atoms with van der Waals surface area (Å²) in [6.07, 6.45) is 2.77. The van der Waals surface area contributed by atoms with Crippen molar-refractivity contribution >= 4 is 23.2 Å². The van der Waals surface area contributed by atoms with E-state index in [2.05, 4.69) is 5.32 Å². The molecule has 2 N–H and O–H groups in total. The average molecular weight is 260 g/mol. The minimum atomic E-state index is -0.551. The van der Waals surface area contributed by atoms with Crippen molar-refractivity contribution in [1.29, 1.82) is 0 Å². The van der Waals surface area contributed by atoms with Crippen LogP contribution >= 0.6 is 23.2 Å². The van der Waals surface area contributed by atoms with Gasteiger partial charge >= 0.3 is 0 Å². The molecule has 0 aromatic heterocycles. The van der Waals surface area contributed by atoms with E-state index in [4.69, 9.17) is 23.2 Å². The highest BCUT2D eigenvalue weighted by atomic mass is 35.5. The van der Waals surface area contributed by atoms with Crippen LogP contribution in [0.1, 0.15) is 30.9 Å². The van der Waals surface area contributed by atoms with Crippen LogP contribution in [0.15, 0.2) is 18.2 Å². The summed E-state index contributed by atoms with van der Waals surface area (Å²) >= 11 is 11.9. The minimum absolute atomic E-state index is 0.104. The highest BCUT2D eigenvalue weighted by Crippen LogP contribution is 2.30. The number of halogens is 2. The van der Waals surface area contributed by atoms with Gasteiger partial charge in [-0.05, 0) is 31.5 Å². The molecular formula is C12H15Cl2NO. The van der Waals surface area contributed by atoms with Crippen molar-refractivity contribution in [1.82, 2.24) is 5.32 Å². The molecule has 0 radical (unpaired) electrons. The Bertz CT molecular complexity index is 364. The van der Waals surface area contributed by atoms with Crippen LogP contribution in [-0.2, 0) is 0 Å². The van der Waals surface area contributed by atoms with E-state index in [-0.39, 0.29) is 6.04 Å². The Balaban J connectivity index is 2.15. The summed E-state index contributed by atoms with van der Waals surface area (Å²) in [7, 11) is 0. The molecule has 0 amide bonds. The first-order valence-electron chi connectivity index (χ1n) is 5.55. The first kappa shape index (κ1) is 12.2. The number of rotatable bonds is 2. The zero-order valence-corrected chi connectivity index (χ0v) is 10.4. The summed E-state index contributed by atoms with van der Waals surface area (Å²) in [5.41, 5.74) is 0.755. The van der Waals surface area contributed by atoms with Gasteiger partial charge in [-0.2, -0.15) is 0 Å². The molecule has 1 aromatic carbocycles. The van der Waals surface area contributed by atoms with Crippen LogP contribution in [0.5, 0.6) is 0 Å². The van der Waals surface area contributed by atoms with E-state index in [0.717, 1.165) is 24.9 Å². The second-order valence-corrected chi connectivity index (χ2v) is 5.01. The van der Waals surface area contributed by atoms with E-state index in [1.807, 2.05) is 0 Å². The molecule has 4 heteroatoms. The maximum Gasteiger partial charge on any atom is 0.0957 e. The zero-order valence-electron chi connectivity index (χ0n) is 8.92. The number of benzene rings is 1. The second-order valence-electron chi connectivity index (χ2n) is 4.17. The van der Waals surface area contributed by atoms with Gasteiger partial charge in [0.25, 0.3) is 0 Å². The summed E-state index contributed by atoms with van der Waals surface area (Å²) in [6.45, 7) is 0.965. The van der Waals surface area contributed by atoms with Crippen molar-refractivity contribution in [2.24, 2.45) is 0 Å². The Labute approximate surface area is 106 Å². The van der Waals surface area contributed by atoms with Gasteiger partial charge < -0.3 is 10.4 Å². The lowest BCUT2D eigenvalue weighted by molar-refractivity contribution is 0.114. The van der Waals surface area contributed by atoms with Crippen molar-refractivity contribution < 1.29 is 5.11 Å². The zero-order chi connectivity index (χ0) is 11.5. The molecule has 1 heterocycles. The Morgan fingerprint density at radius 2 is 2.12 bits per heavy atom. The molecule has 1 aliphatic rings. The first-order chi connectivity index (χ1) is 7.68. The third kappa shape index (κ3) is 2.69. The molecule has 1 saturated heterocycles. The molecule has 0 aliphatic carbocycles. The SMILES string of the molecule is OC(c1ccc(Cl)cc1Cl)C1CCCCN1. The van der Waals surface area contributed by atoms with Crippen LogP contribution < -0.4 is 5.32 Å². The van der Waals surface area contributed by atoms with Crippen molar-refractivity contribution in [3.05, 3.63) is 33.8 Å². The van der Waals surface area contributed by atoms with Gasteiger partial charge in [-0.15, -0.1) is 0 Å². The van der Waals surface area contributed by atoms with E-state index in [0.29, 0.717) is 10.0 Å². The van der Waals surface area contributed by atoms with Crippen molar-refractivity contribution in [3.8, 4) is 0 Å². The van der Waals surface area contributed by atoms with Crippen LogP contribution in [0.3, 0.4) is 0 Å². The lowest BCUT2D eigenvalue weighted by Gasteiger charge is -2.28. The van der Waals surface area contributed by atoms with Crippen molar-refractivity contribution in [2.75, 3.05) is 6.54 Å². The third-order valence-corrected chi connectivity index (χ3v) is 3.57. The normalized spacial score (nSPS) is 23.1. The first-order valence-corrected chi connectivity index (χ1v) is 6.30. The molecule has 0 spiro atoms. The summed E-state index contributed by atoms with van der Waals surface area (Å²) < 4.78 is 0. The van der Waals surface area contributed by atoms with Gasteiger partial charge in [-0.3, -0.25) is 0 Å². The minimum Gasteiger partial charge on any atom is -0.387 e. The second kappa shape index (κ2) is 5.37. The van der Waals surface area contributed by atoms with E-state index >= 15 is 0 Å². The molecule has 1 fully saturated rings. The molecule has 88 valence electrons. The number of nitrogens with one attached hydrogen (secondary N) is 1. The van der Waals surface area contributed by atoms with Gasteiger partial charge in [0.05, 0.1) is 6.10 Å². The predicted molar refractivity (Wildman–Crippen MR) is 67.1 cm³/mol. The fourth-order valence-corrected chi connectivity index (χ4v) is 2.63. The van der Waals surface area contributed by atoms with Gasteiger partial charge in [0.15, 0.2) is 0 Å². The summed E-state index contributed by atoms with van der Waals surface area (Å²) in [4.78, 5) is 0. The Morgan fingerprint density at radius 3 is 2.75 bits per heavy atom. The molecular weight excluding hydrogens is 245 g/mol. The smallest absolute Gasteiger partial charge is 0.0957 e. The van der Waals surface area contributed by atoms with E-state index < -0.39 is 6.10 Å². The van der Waals surface area contributed by atoms with Gasteiger partial charge in [-0.1, -0.05) is 35.7 Å². The Morgan fingerprint density at radius 1 is 1.31 bits per heavy atom. The summed E-state index contributed by atoms with van der Waals surface area (Å²) in [6, 6.07) is 5.33. The van der Waals surface area contributed by atoms with E-state index in [9.17, 15) is 5.11 Å². The van der Waals surface area contributed by atoms with Crippen molar-refractivity contribution in [3.63, 3.8) is 0 Å². The van der Waals surface area contributed by atoms with E-state index in [1.54, 1.807) is 18.2 Å². The molecule has 2 atom stereocenters. The molecule has 1 aromatic rings. The van der Waals surface area contributed by atoms with Crippen LogP contribution in [-0.4, -0.2) is 17.7 Å². The highest BCUT2D eigenvalue weighted by molar-refractivity contribution is 6.35. The van der Waals surface area contributed by atoms with Gasteiger partial charge in [-0.25, -0.2) is 0 Å². The number of piperidine rings is 1. The standard InChI is InChI=1S/C12H15Cl2NO/c13-8-4-5-9(10(14)7-8)12(16)11-3-1-2-6-15-11/h4-5,7,11-12,15-16H,1-3,6H2. The third-order valence-electron chi connectivity index (χ3n) is 3.01. The molecule has 0 saturated carbocycles. The summed E-state index contributed by atoms with van der Waals surface area (Å²) in [5.74, 6) is 0. The molecule has 0 bridgehead atoms. The molecule has 2 unspecified atom stereocenters. The number of hydrogen-bond acceptors (Lipinski definition) is 2. The van der Waals surface area contributed by atoms with Crippen LogP contribution in [0.2, 0.25) is 10.0 Å². The van der Waals surface area contributed by atoms with Gasteiger partial charge in [0.2, 0.25) is 0 Å². The maximum absolute atomic E-state index is 10.2. The number of aliphatic hydroxyl groups excluding tert-OH is 1. The van der Waals surface area contributed by atoms with E-state index in [1.165, 1.54) is 6.42 Å². The lowest BCUT2D eigenvalue weighted by Crippen LogP contribution is -2.38. The molecule has 1 aliphatic heterocycles. The molecule has 2 rings (SSSR count). The largest absolute Gasteiger partial charge is 0.387 e.